The first-order chi connectivity index (χ1) is 14.1. The molecule has 0 radical (unpaired) electrons. The summed E-state index contributed by atoms with van der Waals surface area (Å²) >= 11 is 1.09. The van der Waals surface area contributed by atoms with Gasteiger partial charge in [-0.3, -0.25) is 9.36 Å². The summed E-state index contributed by atoms with van der Waals surface area (Å²) in [7, 11) is 1.32. The molecule has 7 nitrogen and oxygen atoms in total. The number of hydrogen-bond acceptors (Lipinski definition) is 7. The van der Waals surface area contributed by atoms with Crippen molar-refractivity contribution in [3.8, 4) is 6.07 Å². The van der Waals surface area contributed by atoms with Gasteiger partial charge in [-0.05, 0) is 37.0 Å². The number of carbonyl (C=O) groups excluding carboxylic acids is 1. The van der Waals surface area contributed by atoms with Crippen LogP contribution in [0.15, 0.2) is 35.1 Å². The van der Waals surface area contributed by atoms with E-state index < -0.39 is 5.97 Å². The molecule has 4 rings (SSSR count). The van der Waals surface area contributed by atoms with E-state index in [1.54, 1.807) is 22.8 Å². The lowest BCUT2D eigenvalue weighted by Crippen LogP contribution is -2.36. The van der Waals surface area contributed by atoms with Crippen molar-refractivity contribution in [1.82, 2.24) is 9.55 Å². The van der Waals surface area contributed by atoms with Gasteiger partial charge in [0.05, 0.1) is 30.8 Å². The summed E-state index contributed by atoms with van der Waals surface area (Å²) in [6.45, 7) is 1.90. The van der Waals surface area contributed by atoms with E-state index in [1.807, 2.05) is 12.1 Å². The highest BCUT2D eigenvalue weighted by atomic mass is 32.1. The van der Waals surface area contributed by atoms with E-state index in [-0.39, 0.29) is 12.1 Å². The lowest BCUT2D eigenvalue weighted by molar-refractivity contribution is 0.0606. The predicted octanol–water partition coefficient (Wildman–Crippen LogP) is 3.15. The first-order valence-corrected chi connectivity index (χ1v) is 10.3. The van der Waals surface area contributed by atoms with Crippen molar-refractivity contribution in [2.24, 2.45) is 0 Å². The second kappa shape index (κ2) is 8.05. The number of carbonyl (C=O) groups is 1. The van der Waals surface area contributed by atoms with Crippen LogP contribution in [-0.2, 0) is 11.3 Å². The van der Waals surface area contributed by atoms with Gasteiger partial charge in [0.1, 0.15) is 9.58 Å². The molecule has 3 heterocycles. The van der Waals surface area contributed by atoms with Gasteiger partial charge in [0, 0.05) is 13.1 Å². The van der Waals surface area contributed by atoms with Gasteiger partial charge < -0.3 is 9.64 Å². The maximum absolute atomic E-state index is 13.4. The second-order valence-corrected chi connectivity index (χ2v) is 7.99. The van der Waals surface area contributed by atoms with E-state index in [4.69, 9.17) is 9.72 Å². The number of piperidine rings is 1. The van der Waals surface area contributed by atoms with E-state index in [0.717, 1.165) is 49.3 Å². The van der Waals surface area contributed by atoms with Crippen molar-refractivity contribution < 1.29 is 9.53 Å². The Kier molecular flexibility index (Phi) is 5.32. The van der Waals surface area contributed by atoms with E-state index >= 15 is 0 Å². The van der Waals surface area contributed by atoms with Crippen LogP contribution in [0.3, 0.4) is 0 Å². The van der Waals surface area contributed by atoms with Crippen LogP contribution >= 0.6 is 11.3 Å². The molecule has 3 aromatic rings. The fourth-order valence-corrected chi connectivity index (χ4v) is 4.58. The fourth-order valence-electron chi connectivity index (χ4n) is 3.62. The standard InChI is InChI=1S/C21H20N4O3S/c1-28-20(27)17-11-16-18(29-17)19(26)25(13-15-8-4-3-7-14(15)12-22)21(23-16)24-9-5-2-6-10-24/h3-4,7-8,11H,2,5-6,9-10,13H2,1H3. The van der Waals surface area contributed by atoms with Crippen LogP contribution in [-0.4, -0.2) is 35.7 Å². The number of methoxy groups -OCH3 is 1. The summed E-state index contributed by atoms with van der Waals surface area (Å²) in [6.07, 6.45) is 3.24. The van der Waals surface area contributed by atoms with Crippen molar-refractivity contribution in [2.45, 2.75) is 25.8 Å². The largest absolute Gasteiger partial charge is 0.465 e. The molecule has 1 fully saturated rings. The highest BCUT2D eigenvalue weighted by molar-refractivity contribution is 7.20. The van der Waals surface area contributed by atoms with Gasteiger partial charge in [0.15, 0.2) is 0 Å². The molecule has 1 aliphatic heterocycles. The maximum Gasteiger partial charge on any atom is 0.348 e. The summed E-state index contributed by atoms with van der Waals surface area (Å²) in [5.74, 6) is 0.109. The van der Waals surface area contributed by atoms with E-state index in [0.29, 0.717) is 26.6 Å². The van der Waals surface area contributed by atoms with Crippen molar-refractivity contribution in [1.29, 1.82) is 5.26 Å². The third kappa shape index (κ3) is 3.61. The summed E-state index contributed by atoms with van der Waals surface area (Å²) in [6, 6.07) is 11.1. The molecule has 148 valence electrons. The number of fused-ring (bicyclic) bond motifs is 1. The number of anilines is 1. The Hall–Kier alpha value is -3.18. The smallest absolute Gasteiger partial charge is 0.348 e. The number of esters is 1. The maximum atomic E-state index is 13.4. The normalized spacial score (nSPS) is 14.0. The number of nitriles is 1. The molecule has 1 aliphatic rings. The first-order valence-electron chi connectivity index (χ1n) is 9.48. The molecule has 1 saturated heterocycles. The third-order valence-electron chi connectivity index (χ3n) is 5.11. The van der Waals surface area contributed by atoms with Crippen LogP contribution in [0, 0.1) is 11.3 Å². The van der Waals surface area contributed by atoms with Crippen LogP contribution in [0.2, 0.25) is 0 Å². The topological polar surface area (TPSA) is 88.2 Å². The van der Waals surface area contributed by atoms with Gasteiger partial charge in [-0.15, -0.1) is 11.3 Å². The molecule has 0 unspecified atom stereocenters. The van der Waals surface area contributed by atoms with Crippen LogP contribution in [0.5, 0.6) is 0 Å². The minimum atomic E-state index is -0.478. The molecule has 0 N–H and O–H groups in total. The molecule has 0 spiro atoms. The Morgan fingerprint density at radius 3 is 2.76 bits per heavy atom. The third-order valence-corrected chi connectivity index (χ3v) is 6.20. The highest BCUT2D eigenvalue weighted by Gasteiger charge is 2.22. The molecule has 29 heavy (non-hydrogen) atoms. The van der Waals surface area contributed by atoms with E-state index in [2.05, 4.69) is 11.0 Å². The van der Waals surface area contributed by atoms with Gasteiger partial charge in [0.25, 0.3) is 5.56 Å². The second-order valence-electron chi connectivity index (χ2n) is 6.94. The van der Waals surface area contributed by atoms with Crippen LogP contribution in [0.4, 0.5) is 5.95 Å². The Bertz CT molecular complexity index is 1170. The predicted molar refractivity (Wildman–Crippen MR) is 112 cm³/mol. The van der Waals surface area contributed by atoms with Crippen LogP contribution in [0.25, 0.3) is 10.2 Å². The molecule has 2 aromatic heterocycles. The van der Waals surface area contributed by atoms with Gasteiger partial charge >= 0.3 is 5.97 Å². The van der Waals surface area contributed by atoms with Gasteiger partial charge in [-0.25, -0.2) is 9.78 Å². The number of aromatic nitrogens is 2. The Labute approximate surface area is 171 Å². The zero-order chi connectivity index (χ0) is 20.4. The van der Waals surface area contributed by atoms with Crippen LogP contribution in [0.1, 0.15) is 40.1 Å². The number of thiophene rings is 1. The average Bonchev–Trinajstić information content (AvgIpc) is 3.20. The minimum absolute atomic E-state index is 0.205. The van der Waals surface area contributed by atoms with Crippen molar-refractivity contribution >= 4 is 33.5 Å². The Balaban J connectivity index is 1.89. The number of nitrogens with zero attached hydrogens (tertiary/aromatic N) is 4. The number of rotatable bonds is 4. The first kappa shape index (κ1) is 19.2. The molecule has 1 aromatic carbocycles. The van der Waals surface area contributed by atoms with E-state index in [9.17, 15) is 14.9 Å². The monoisotopic (exact) mass is 408 g/mol. The highest BCUT2D eigenvalue weighted by Crippen LogP contribution is 2.26. The van der Waals surface area contributed by atoms with Crippen molar-refractivity contribution in [3.05, 3.63) is 56.7 Å². The van der Waals surface area contributed by atoms with Crippen molar-refractivity contribution in [3.63, 3.8) is 0 Å². The summed E-state index contributed by atoms with van der Waals surface area (Å²) in [5, 5.41) is 9.43. The zero-order valence-corrected chi connectivity index (χ0v) is 16.9. The molecule has 0 amide bonds. The zero-order valence-electron chi connectivity index (χ0n) is 16.1. The quantitative estimate of drug-likeness (QED) is 0.616. The number of hydrogen-bond donors (Lipinski definition) is 0. The molecule has 0 atom stereocenters. The molecule has 8 heteroatoms. The lowest BCUT2D eigenvalue weighted by Gasteiger charge is -2.29. The van der Waals surface area contributed by atoms with Crippen molar-refractivity contribution in [2.75, 3.05) is 25.1 Å². The minimum Gasteiger partial charge on any atom is -0.465 e. The SMILES string of the molecule is COC(=O)c1cc2nc(N3CCCCC3)n(Cc3ccccc3C#N)c(=O)c2s1. The average molecular weight is 408 g/mol. The van der Waals surface area contributed by atoms with Gasteiger partial charge in [-0.1, -0.05) is 18.2 Å². The molecule has 0 saturated carbocycles. The van der Waals surface area contributed by atoms with Crippen LogP contribution < -0.4 is 10.5 Å². The molecular formula is C21H20N4O3S. The molecule has 0 aliphatic carbocycles. The lowest BCUT2D eigenvalue weighted by atomic mass is 10.1. The number of benzene rings is 1. The fraction of sp³-hybridized carbons (Fsp3) is 0.333. The van der Waals surface area contributed by atoms with E-state index in [1.165, 1.54) is 7.11 Å². The van der Waals surface area contributed by atoms with Gasteiger partial charge in [-0.2, -0.15) is 5.26 Å². The Morgan fingerprint density at radius 2 is 2.03 bits per heavy atom. The number of ether oxygens (including phenoxy) is 1. The molecule has 0 bridgehead atoms. The molecular weight excluding hydrogens is 388 g/mol. The summed E-state index contributed by atoms with van der Waals surface area (Å²) in [4.78, 5) is 32.6. The van der Waals surface area contributed by atoms with Gasteiger partial charge in [0.2, 0.25) is 5.95 Å². The Morgan fingerprint density at radius 1 is 1.28 bits per heavy atom. The summed E-state index contributed by atoms with van der Waals surface area (Å²) < 4.78 is 6.84. The summed E-state index contributed by atoms with van der Waals surface area (Å²) in [5.41, 5.74) is 1.60.